The summed E-state index contributed by atoms with van der Waals surface area (Å²) in [4.78, 5) is 20.2. The number of aromatic nitrogens is 3. The fourth-order valence-electron chi connectivity index (χ4n) is 3.86. The van der Waals surface area contributed by atoms with Crippen LogP contribution in [0.4, 0.5) is 30.4 Å². The lowest BCUT2D eigenvalue weighted by Gasteiger charge is -2.25. The van der Waals surface area contributed by atoms with Gasteiger partial charge in [-0.05, 0) is 48.6 Å². The van der Waals surface area contributed by atoms with Gasteiger partial charge in [-0.2, -0.15) is 4.98 Å². The summed E-state index contributed by atoms with van der Waals surface area (Å²) in [7, 11) is 1.53. The standard InChI is InChI=1S/C20H17ClF3N5O2/c1-29-13-5-4-10(26-17-12(22)7-25-19(21)28-17)6-11(13)14-15(18(29)30)31-8-20(23,24)16(27-14)9-2-3-9/h4-7,9,16,27H,2-3,8H2,1H3,(H,25,26,28)/t16-/m0/s1. The molecule has 1 aliphatic heterocycles. The van der Waals surface area contributed by atoms with E-state index in [1.165, 1.54) is 11.6 Å². The van der Waals surface area contributed by atoms with Gasteiger partial charge in [0.1, 0.15) is 0 Å². The summed E-state index contributed by atoms with van der Waals surface area (Å²) in [5.41, 5.74) is 0.614. The highest BCUT2D eigenvalue weighted by Gasteiger charge is 2.51. The normalized spacial score (nSPS) is 19.8. The number of nitrogens with one attached hydrogen (secondary N) is 2. The molecule has 1 aromatic carbocycles. The molecule has 1 atom stereocenters. The van der Waals surface area contributed by atoms with Crippen molar-refractivity contribution in [1.82, 2.24) is 14.5 Å². The van der Waals surface area contributed by atoms with E-state index in [2.05, 4.69) is 20.6 Å². The number of pyridine rings is 1. The summed E-state index contributed by atoms with van der Waals surface area (Å²) in [6, 6.07) is 3.73. The minimum Gasteiger partial charge on any atom is -0.480 e. The lowest BCUT2D eigenvalue weighted by atomic mass is 10.0. The van der Waals surface area contributed by atoms with Crippen molar-refractivity contribution in [2.75, 3.05) is 17.2 Å². The number of halogens is 4. The maximum Gasteiger partial charge on any atom is 0.301 e. The number of benzene rings is 1. The second-order valence-corrected chi connectivity index (χ2v) is 8.11. The van der Waals surface area contributed by atoms with Crippen LogP contribution in [0, 0.1) is 11.7 Å². The highest BCUT2D eigenvalue weighted by atomic mass is 35.5. The number of alkyl halides is 2. The molecule has 0 unspecified atom stereocenters. The van der Waals surface area contributed by atoms with Crippen LogP contribution in [0.1, 0.15) is 12.8 Å². The van der Waals surface area contributed by atoms with Gasteiger partial charge in [-0.1, -0.05) is 0 Å². The first-order chi connectivity index (χ1) is 14.7. The largest absolute Gasteiger partial charge is 0.480 e. The molecule has 2 N–H and O–H groups in total. The molecule has 0 radical (unpaired) electrons. The molecule has 0 bridgehead atoms. The SMILES string of the molecule is Cn1c(=O)c2c(c3cc(Nc4nc(Cl)ncc4F)ccc31)N[C@@H](C1CC1)C(F)(F)CO2. The predicted octanol–water partition coefficient (Wildman–Crippen LogP) is 4.08. The second kappa shape index (κ2) is 7.01. The van der Waals surface area contributed by atoms with Gasteiger partial charge in [0.05, 0.1) is 23.4 Å². The van der Waals surface area contributed by atoms with E-state index in [-0.39, 0.29) is 28.5 Å². The van der Waals surface area contributed by atoms with Crippen LogP contribution in [0.3, 0.4) is 0 Å². The Balaban J connectivity index is 1.65. The first kappa shape index (κ1) is 19.9. The zero-order chi connectivity index (χ0) is 21.9. The van der Waals surface area contributed by atoms with Crippen molar-refractivity contribution >= 4 is 39.7 Å². The molecule has 162 valence electrons. The molecule has 0 saturated heterocycles. The van der Waals surface area contributed by atoms with Gasteiger partial charge in [0, 0.05) is 18.1 Å². The van der Waals surface area contributed by atoms with Gasteiger partial charge in [0.25, 0.3) is 5.56 Å². The van der Waals surface area contributed by atoms with Crippen LogP contribution in [0.5, 0.6) is 5.75 Å². The molecule has 7 nitrogen and oxygen atoms in total. The van der Waals surface area contributed by atoms with Gasteiger partial charge in [-0.15, -0.1) is 0 Å². The second-order valence-electron chi connectivity index (χ2n) is 7.77. The Bertz CT molecular complexity index is 1260. The molecule has 0 spiro atoms. The molecule has 0 amide bonds. The Labute approximate surface area is 179 Å². The summed E-state index contributed by atoms with van der Waals surface area (Å²) in [6.45, 7) is -0.877. The van der Waals surface area contributed by atoms with Crippen molar-refractivity contribution in [3.8, 4) is 5.75 Å². The Hall–Kier alpha value is -3.01. The van der Waals surface area contributed by atoms with Crippen molar-refractivity contribution in [1.29, 1.82) is 0 Å². The molecule has 3 heterocycles. The van der Waals surface area contributed by atoms with Gasteiger partial charge < -0.3 is 19.9 Å². The number of rotatable bonds is 3. The van der Waals surface area contributed by atoms with Crippen LogP contribution in [0.15, 0.2) is 29.2 Å². The van der Waals surface area contributed by atoms with E-state index in [4.69, 9.17) is 16.3 Å². The van der Waals surface area contributed by atoms with Crippen molar-refractivity contribution < 1.29 is 17.9 Å². The van der Waals surface area contributed by atoms with Crippen molar-refractivity contribution in [2.45, 2.75) is 24.8 Å². The summed E-state index contributed by atoms with van der Waals surface area (Å²) >= 11 is 5.74. The summed E-state index contributed by atoms with van der Waals surface area (Å²) in [6.07, 6.45) is 2.31. The Morgan fingerprint density at radius 3 is 2.87 bits per heavy atom. The zero-order valence-electron chi connectivity index (χ0n) is 16.3. The highest BCUT2D eigenvalue weighted by Crippen LogP contribution is 2.45. The quantitative estimate of drug-likeness (QED) is 0.584. The zero-order valence-corrected chi connectivity index (χ0v) is 17.0. The number of anilines is 3. The van der Waals surface area contributed by atoms with Gasteiger partial charge >= 0.3 is 5.92 Å². The number of nitrogens with zero attached hydrogens (tertiary/aromatic N) is 3. The van der Waals surface area contributed by atoms with Gasteiger partial charge in [0.2, 0.25) is 11.0 Å². The maximum absolute atomic E-state index is 14.7. The van der Waals surface area contributed by atoms with Crippen LogP contribution in [-0.4, -0.2) is 33.1 Å². The van der Waals surface area contributed by atoms with Crippen LogP contribution in [0.2, 0.25) is 5.28 Å². The molecule has 1 fully saturated rings. The van der Waals surface area contributed by atoms with E-state index in [1.54, 1.807) is 18.2 Å². The molecular weight excluding hydrogens is 435 g/mol. The number of fused-ring (bicyclic) bond motifs is 3. The minimum atomic E-state index is -3.13. The van der Waals surface area contributed by atoms with Crippen molar-refractivity contribution in [2.24, 2.45) is 13.0 Å². The van der Waals surface area contributed by atoms with Crippen LogP contribution in [0.25, 0.3) is 10.9 Å². The fourth-order valence-corrected chi connectivity index (χ4v) is 3.99. The Morgan fingerprint density at radius 2 is 2.13 bits per heavy atom. The average Bonchev–Trinajstić information content (AvgIpc) is 3.56. The molecular formula is C20H17ClF3N5O2. The molecule has 5 rings (SSSR count). The molecule has 11 heteroatoms. The number of hydrogen-bond acceptors (Lipinski definition) is 6. The topological polar surface area (TPSA) is 81.1 Å². The lowest BCUT2D eigenvalue weighted by molar-refractivity contribution is -0.0579. The van der Waals surface area contributed by atoms with E-state index in [9.17, 15) is 18.0 Å². The van der Waals surface area contributed by atoms with Crippen LogP contribution >= 0.6 is 11.6 Å². The van der Waals surface area contributed by atoms with E-state index < -0.39 is 29.9 Å². The third kappa shape index (κ3) is 3.44. The van der Waals surface area contributed by atoms with E-state index in [0.29, 0.717) is 29.4 Å². The van der Waals surface area contributed by atoms with Crippen molar-refractivity contribution in [3.63, 3.8) is 0 Å². The number of aryl methyl sites for hydroxylation is 1. The molecule has 1 saturated carbocycles. The van der Waals surface area contributed by atoms with Gasteiger partial charge in [-0.3, -0.25) is 4.79 Å². The average molecular weight is 452 g/mol. The smallest absolute Gasteiger partial charge is 0.301 e. The summed E-state index contributed by atoms with van der Waals surface area (Å²) in [5, 5.41) is 6.05. The maximum atomic E-state index is 14.7. The molecule has 31 heavy (non-hydrogen) atoms. The molecule has 3 aromatic rings. The summed E-state index contributed by atoms with van der Waals surface area (Å²) in [5.74, 6) is -4.33. The minimum absolute atomic E-state index is 0.134. The molecule has 1 aliphatic carbocycles. The van der Waals surface area contributed by atoms with Crippen LogP contribution < -0.4 is 20.9 Å². The Morgan fingerprint density at radius 1 is 1.35 bits per heavy atom. The van der Waals surface area contributed by atoms with Crippen molar-refractivity contribution in [3.05, 3.63) is 45.9 Å². The molecule has 2 aliphatic rings. The third-order valence-electron chi connectivity index (χ3n) is 5.59. The van der Waals surface area contributed by atoms with Gasteiger partial charge in [0.15, 0.2) is 18.2 Å². The third-order valence-corrected chi connectivity index (χ3v) is 5.77. The predicted molar refractivity (Wildman–Crippen MR) is 110 cm³/mol. The van der Waals surface area contributed by atoms with Gasteiger partial charge in [-0.25, -0.2) is 18.2 Å². The fraction of sp³-hybridized carbons (Fsp3) is 0.350. The lowest BCUT2D eigenvalue weighted by Crippen LogP contribution is -2.44. The first-order valence-electron chi connectivity index (χ1n) is 9.63. The Kier molecular flexibility index (Phi) is 4.51. The van der Waals surface area contributed by atoms with E-state index in [0.717, 1.165) is 6.20 Å². The highest BCUT2D eigenvalue weighted by molar-refractivity contribution is 6.28. The summed E-state index contributed by atoms with van der Waals surface area (Å²) < 4.78 is 50.1. The van der Waals surface area contributed by atoms with Crippen LogP contribution in [-0.2, 0) is 7.05 Å². The first-order valence-corrected chi connectivity index (χ1v) is 10.0. The molecule has 2 aromatic heterocycles. The number of ether oxygens (including phenoxy) is 1. The van der Waals surface area contributed by atoms with E-state index in [1.807, 2.05) is 0 Å². The monoisotopic (exact) mass is 451 g/mol. The van der Waals surface area contributed by atoms with E-state index >= 15 is 0 Å². The number of hydrogen-bond donors (Lipinski definition) is 2.